The van der Waals surface area contributed by atoms with Crippen molar-refractivity contribution >= 4 is 27.1 Å². The third kappa shape index (κ3) is 7.26. The number of hydrogen-bond donors (Lipinski definition) is 2. The number of ether oxygens (including phenoxy) is 2. The van der Waals surface area contributed by atoms with Crippen molar-refractivity contribution in [3.8, 4) is 44.9 Å². The van der Waals surface area contributed by atoms with Crippen LogP contribution in [0.2, 0.25) is 0 Å². The quantitative estimate of drug-likeness (QED) is 0.0956. The van der Waals surface area contributed by atoms with Crippen LogP contribution in [0.1, 0.15) is 86.5 Å². The number of benzene rings is 7. The molecule has 0 fully saturated rings. The van der Waals surface area contributed by atoms with Crippen molar-refractivity contribution in [2.75, 3.05) is 26.4 Å². The molecule has 7 aromatic rings. The average molecular weight is 803 g/mol. The Hall–Kier alpha value is -5.94. The topological polar surface area (TPSA) is 58.9 Å². The van der Waals surface area contributed by atoms with Gasteiger partial charge in [-0.15, -0.1) is 0 Å². The second-order valence-corrected chi connectivity index (χ2v) is 17.1. The van der Waals surface area contributed by atoms with Gasteiger partial charge in [-0.1, -0.05) is 110 Å². The van der Waals surface area contributed by atoms with E-state index in [0.717, 1.165) is 75.7 Å². The lowest BCUT2D eigenvalue weighted by atomic mass is 9.67. The summed E-state index contributed by atoms with van der Waals surface area (Å²) in [6.07, 6.45) is 14.8. The molecule has 1 spiro atoms. The molecule has 0 heterocycles. The third-order valence-corrected chi connectivity index (χ3v) is 13.3. The molecular weight excluding hydrogens is 749 g/mol. The van der Waals surface area contributed by atoms with Gasteiger partial charge in [0.15, 0.2) is 0 Å². The average Bonchev–Trinajstić information content (AvgIpc) is 3.77. The monoisotopic (exact) mass is 802 g/mol. The highest BCUT2D eigenvalue weighted by Crippen LogP contribution is 2.64. The number of hydrogen-bond acceptors (Lipinski definition) is 4. The van der Waals surface area contributed by atoms with Gasteiger partial charge in [-0.2, -0.15) is 0 Å². The molecule has 0 radical (unpaired) electrons. The minimum Gasteiger partial charge on any atom is -0.494 e. The number of rotatable bonds is 16. The lowest BCUT2D eigenvalue weighted by molar-refractivity contribution is 0.273. The van der Waals surface area contributed by atoms with Crippen LogP contribution in [0.3, 0.4) is 0 Å². The van der Waals surface area contributed by atoms with E-state index in [0.29, 0.717) is 13.2 Å². The Morgan fingerprint density at radius 1 is 0.443 bits per heavy atom. The fourth-order valence-corrected chi connectivity index (χ4v) is 10.3. The van der Waals surface area contributed by atoms with Gasteiger partial charge in [-0.25, -0.2) is 0 Å². The standard InChI is InChI=1S/C57H54O4/c58-29-9-1-3-11-31-60-47-25-21-41-33-39(17-19-43(41)35-47)45-23-27-51-49-13-5-7-15-53(49)57(55(51)37-45)54-16-8-6-14-50(54)52-28-24-46(38-56(52)57)40-18-20-44-36-48(26-22-42(44)34-40)61-32-12-4-2-10-30-59/h5-7,13-15,17-28,33-38,58-59H,1-4,8-12,16,29-32H2. The Labute approximate surface area is 359 Å². The predicted molar refractivity (Wildman–Crippen MR) is 251 cm³/mol. The van der Waals surface area contributed by atoms with E-state index in [-0.39, 0.29) is 18.6 Å². The maximum atomic E-state index is 9.06. The normalized spacial score (nSPS) is 16.0. The summed E-state index contributed by atoms with van der Waals surface area (Å²) in [4.78, 5) is 0. The second-order valence-electron chi connectivity index (χ2n) is 17.1. The van der Waals surface area contributed by atoms with Crippen LogP contribution in [-0.4, -0.2) is 36.6 Å². The van der Waals surface area contributed by atoms with Gasteiger partial charge in [0.25, 0.3) is 0 Å². The van der Waals surface area contributed by atoms with E-state index < -0.39 is 0 Å². The first-order chi connectivity index (χ1) is 30.1. The van der Waals surface area contributed by atoms with E-state index in [1.54, 1.807) is 0 Å². The van der Waals surface area contributed by atoms with Crippen LogP contribution in [0.5, 0.6) is 11.5 Å². The van der Waals surface area contributed by atoms with E-state index in [9.17, 15) is 0 Å². The summed E-state index contributed by atoms with van der Waals surface area (Å²) in [6, 6.07) is 50.1. The summed E-state index contributed by atoms with van der Waals surface area (Å²) in [7, 11) is 0. The van der Waals surface area contributed by atoms with E-state index in [1.165, 1.54) is 88.3 Å². The summed E-state index contributed by atoms with van der Waals surface area (Å²) in [5.74, 6) is 1.81. The summed E-state index contributed by atoms with van der Waals surface area (Å²) >= 11 is 0. The molecule has 3 aliphatic carbocycles. The summed E-state index contributed by atoms with van der Waals surface area (Å²) < 4.78 is 12.2. The molecule has 0 aliphatic heterocycles. The van der Waals surface area contributed by atoms with Crippen molar-refractivity contribution in [3.63, 3.8) is 0 Å². The number of aliphatic hydroxyl groups is 2. The molecule has 7 aromatic carbocycles. The summed E-state index contributed by atoms with van der Waals surface area (Å²) in [5, 5.41) is 22.9. The molecule has 61 heavy (non-hydrogen) atoms. The highest BCUT2D eigenvalue weighted by molar-refractivity contribution is 5.99. The smallest absolute Gasteiger partial charge is 0.119 e. The molecule has 1 unspecified atom stereocenters. The van der Waals surface area contributed by atoms with Crippen molar-refractivity contribution in [1.29, 1.82) is 0 Å². The predicted octanol–water partition coefficient (Wildman–Crippen LogP) is 13.6. The van der Waals surface area contributed by atoms with Crippen molar-refractivity contribution in [3.05, 3.63) is 173 Å². The zero-order valence-electron chi connectivity index (χ0n) is 35.0. The van der Waals surface area contributed by atoms with Gasteiger partial charge in [0, 0.05) is 13.2 Å². The number of aliphatic hydroxyl groups excluding tert-OH is 2. The number of unbranched alkanes of at least 4 members (excludes halogenated alkanes) is 6. The van der Waals surface area contributed by atoms with Crippen molar-refractivity contribution in [2.45, 2.75) is 69.6 Å². The van der Waals surface area contributed by atoms with Crippen LogP contribution in [0.15, 0.2) is 151 Å². The summed E-state index contributed by atoms with van der Waals surface area (Å²) in [6.45, 7) is 1.92. The number of fused-ring (bicyclic) bond motifs is 11. The van der Waals surface area contributed by atoms with Crippen LogP contribution < -0.4 is 9.47 Å². The molecule has 3 aliphatic rings. The van der Waals surface area contributed by atoms with Gasteiger partial charge < -0.3 is 19.7 Å². The maximum absolute atomic E-state index is 9.06. The summed E-state index contributed by atoms with van der Waals surface area (Å²) in [5.41, 5.74) is 15.6. The van der Waals surface area contributed by atoms with E-state index in [1.807, 2.05) is 0 Å². The first-order valence-corrected chi connectivity index (χ1v) is 22.5. The highest BCUT2D eigenvalue weighted by Gasteiger charge is 2.52. The Bertz CT molecular complexity index is 2810. The molecule has 0 saturated heterocycles. The van der Waals surface area contributed by atoms with Crippen LogP contribution in [-0.2, 0) is 5.41 Å². The van der Waals surface area contributed by atoms with Crippen LogP contribution in [0, 0.1) is 0 Å². The molecular formula is C57H54O4. The van der Waals surface area contributed by atoms with Gasteiger partial charge in [-0.05, 0) is 188 Å². The lowest BCUT2D eigenvalue weighted by Crippen LogP contribution is -2.28. The van der Waals surface area contributed by atoms with Gasteiger partial charge in [0.05, 0.1) is 18.6 Å². The molecule has 306 valence electrons. The maximum Gasteiger partial charge on any atom is 0.119 e. The largest absolute Gasteiger partial charge is 0.494 e. The van der Waals surface area contributed by atoms with Gasteiger partial charge in [0.1, 0.15) is 11.5 Å². The molecule has 0 bridgehead atoms. The zero-order chi connectivity index (χ0) is 41.2. The van der Waals surface area contributed by atoms with E-state index >= 15 is 0 Å². The highest BCUT2D eigenvalue weighted by atomic mass is 16.5. The molecule has 4 nitrogen and oxygen atoms in total. The van der Waals surface area contributed by atoms with Gasteiger partial charge >= 0.3 is 0 Å². The van der Waals surface area contributed by atoms with E-state index in [2.05, 4.69) is 146 Å². The first-order valence-electron chi connectivity index (χ1n) is 22.5. The minimum absolute atomic E-state index is 0.263. The van der Waals surface area contributed by atoms with E-state index in [4.69, 9.17) is 19.7 Å². The Kier molecular flexibility index (Phi) is 11.1. The van der Waals surface area contributed by atoms with Gasteiger partial charge in [-0.3, -0.25) is 0 Å². The van der Waals surface area contributed by atoms with Crippen LogP contribution >= 0.6 is 0 Å². The molecule has 1 atom stereocenters. The number of allylic oxidation sites excluding steroid dienone is 4. The van der Waals surface area contributed by atoms with Crippen molar-refractivity contribution in [2.24, 2.45) is 0 Å². The first kappa shape index (κ1) is 39.2. The lowest BCUT2D eigenvalue weighted by Gasteiger charge is -2.34. The molecule has 10 rings (SSSR count). The Morgan fingerprint density at radius 2 is 0.934 bits per heavy atom. The molecule has 2 N–H and O–H groups in total. The zero-order valence-corrected chi connectivity index (χ0v) is 35.0. The fraction of sp³-hybridized carbons (Fsp3) is 0.263. The third-order valence-electron chi connectivity index (χ3n) is 13.3. The van der Waals surface area contributed by atoms with Crippen molar-refractivity contribution in [1.82, 2.24) is 0 Å². The Balaban J connectivity index is 1.00. The Morgan fingerprint density at radius 3 is 1.56 bits per heavy atom. The molecule has 0 amide bonds. The van der Waals surface area contributed by atoms with Crippen LogP contribution in [0.4, 0.5) is 0 Å². The molecule has 0 saturated carbocycles. The van der Waals surface area contributed by atoms with Crippen LogP contribution in [0.25, 0.3) is 60.5 Å². The second kappa shape index (κ2) is 17.2. The minimum atomic E-state index is -0.379. The molecule has 4 heteroatoms. The SMILES string of the molecule is OCCCCCCOc1ccc2cc(-c3ccc4c(c3)C3(C5=C4C=CCC5)c4ccccc4-c4ccc(-c5ccc6cc(OCCCCCCO)ccc6c5)cc43)ccc2c1. The fourth-order valence-electron chi connectivity index (χ4n) is 10.3. The van der Waals surface area contributed by atoms with Crippen molar-refractivity contribution < 1.29 is 19.7 Å². The molecule has 0 aromatic heterocycles. The van der Waals surface area contributed by atoms with Gasteiger partial charge in [0.2, 0.25) is 0 Å².